The van der Waals surface area contributed by atoms with E-state index in [0.717, 1.165) is 12.5 Å². The quantitative estimate of drug-likeness (QED) is 0.494. The summed E-state index contributed by atoms with van der Waals surface area (Å²) in [5, 5.41) is 8.13. The minimum atomic E-state index is -1.06. The lowest BCUT2D eigenvalue weighted by atomic mass is 10.5. The highest BCUT2D eigenvalue weighted by Gasteiger charge is 1.77. The van der Waals surface area contributed by atoms with Crippen LogP contribution < -0.4 is 0 Å². The van der Waals surface area contributed by atoms with Gasteiger partial charge in [-0.2, -0.15) is 0 Å². The summed E-state index contributed by atoms with van der Waals surface area (Å²) in [4.78, 5) is 9.91. The van der Waals surface area contributed by atoms with E-state index in [4.69, 9.17) is 5.11 Å². The van der Waals surface area contributed by atoms with Gasteiger partial charge < -0.3 is 5.11 Å². The Kier molecular flexibility index (Phi) is 6.08. The molecule has 0 saturated heterocycles. The average Bonchev–Trinajstić information content (AvgIpc) is 2.02. The molecule has 0 aromatic heterocycles. The summed E-state index contributed by atoms with van der Waals surface area (Å²) in [7, 11) is 0. The molecule has 12 heavy (non-hydrogen) atoms. The van der Waals surface area contributed by atoms with E-state index in [1.54, 1.807) is 6.08 Å². The number of carboxylic acid groups (broad SMARTS) is 1. The zero-order valence-electron chi connectivity index (χ0n) is 6.72. The third-order valence-electron chi connectivity index (χ3n) is 0.771. The van der Waals surface area contributed by atoms with Gasteiger partial charge in [0.2, 0.25) is 0 Å². The molecule has 2 nitrogen and oxygen atoms in total. The molecule has 0 aliphatic heterocycles. The second kappa shape index (κ2) is 7.22. The van der Waals surface area contributed by atoms with Crippen molar-refractivity contribution in [3.63, 3.8) is 0 Å². The van der Waals surface area contributed by atoms with E-state index in [-0.39, 0.29) is 0 Å². The van der Waals surface area contributed by atoms with Crippen LogP contribution in [0.4, 0.5) is 0 Å². The van der Waals surface area contributed by atoms with Gasteiger partial charge in [0.25, 0.3) is 0 Å². The zero-order valence-corrected chi connectivity index (χ0v) is 6.72. The number of carboxylic acids is 1. The summed E-state index contributed by atoms with van der Waals surface area (Å²) in [6.07, 6.45) is 3.50. The Morgan fingerprint density at radius 2 is 2.00 bits per heavy atom. The van der Waals surface area contributed by atoms with Crippen molar-refractivity contribution in [1.29, 1.82) is 0 Å². The van der Waals surface area contributed by atoms with Crippen LogP contribution in [-0.2, 0) is 4.79 Å². The van der Waals surface area contributed by atoms with Crippen LogP contribution in [0.2, 0.25) is 0 Å². The summed E-state index contributed by atoms with van der Waals surface area (Å²) in [6, 6.07) is 0. The lowest BCUT2D eigenvalue weighted by Crippen LogP contribution is -1.82. The number of allylic oxidation sites excluding steroid dienone is 1. The van der Waals surface area contributed by atoms with Crippen LogP contribution in [-0.4, -0.2) is 11.1 Å². The maximum absolute atomic E-state index is 9.91. The molecule has 0 spiro atoms. The van der Waals surface area contributed by atoms with Crippen LogP contribution in [0.25, 0.3) is 0 Å². The Hall–Kier alpha value is -1.89. The summed E-state index contributed by atoms with van der Waals surface area (Å²) in [5.41, 5.74) is 12.2. The van der Waals surface area contributed by atoms with Crippen molar-refractivity contribution in [2.75, 3.05) is 0 Å². The fourth-order valence-electron chi connectivity index (χ4n) is 0.354. The Labute approximate surface area is 70.8 Å². The van der Waals surface area contributed by atoms with Gasteiger partial charge in [0.15, 0.2) is 0 Å². The first-order valence-corrected chi connectivity index (χ1v) is 3.41. The van der Waals surface area contributed by atoms with E-state index in [2.05, 4.69) is 28.7 Å². The molecule has 0 aromatic rings. The second-order valence-corrected chi connectivity index (χ2v) is 1.76. The first-order chi connectivity index (χ1) is 5.77. The number of hydrogen-bond acceptors (Lipinski definition) is 1. The topological polar surface area (TPSA) is 37.3 Å². The minimum absolute atomic E-state index is 0.845. The van der Waals surface area contributed by atoms with Gasteiger partial charge in [0.1, 0.15) is 0 Å². The molecule has 2 heteroatoms. The zero-order chi connectivity index (χ0) is 9.23. The van der Waals surface area contributed by atoms with Crippen molar-refractivity contribution in [2.24, 2.45) is 0 Å². The lowest BCUT2D eigenvalue weighted by Gasteiger charge is -1.65. The fourth-order valence-corrected chi connectivity index (χ4v) is 0.354. The second-order valence-electron chi connectivity index (χ2n) is 1.76. The molecule has 0 aromatic carbocycles. The van der Waals surface area contributed by atoms with Crippen molar-refractivity contribution in [3.05, 3.63) is 40.8 Å². The smallest absolute Gasteiger partial charge is 0.336 e. The Balaban J connectivity index is 4.64. The molecule has 0 fully saturated rings. The van der Waals surface area contributed by atoms with E-state index >= 15 is 0 Å². The van der Waals surface area contributed by atoms with Crippen molar-refractivity contribution in [1.82, 2.24) is 0 Å². The largest absolute Gasteiger partial charge is 0.478 e. The molecular weight excluding hydrogens is 152 g/mol. The van der Waals surface area contributed by atoms with Gasteiger partial charge in [-0.25, -0.2) is 4.79 Å². The first-order valence-electron chi connectivity index (χ1n) is 3.41. The predicted molar refractivity (Wildman–Crippen MR) is 44.6 cm³/mol. The van der Waals surface area contributed by atoms with Crippen molar-refractivity contribution in [2.45, 2.75) is 13.3 Å². The Bertz CT molecular complexity index is 345. The van der Waals surface area contributed by atoms with Crippen LogP contribution in [0.1, 0.15) is 13.3 Å². The lowest BCUT2D eigenvalue weighted by molar-refractivity contribution is -0.131. The van der Waals surface area contributed by atoms with Gasteiger partial charge in [-0.3, -0.25) is 0 Å². The van der Waals surface area contributed by atoms with Gasteiger partial charge in [0, 0.05) is 0 Å². The molecule has 0 aliphatic carbocycles. The molecule has 0 atom stereocenters. The number of carbonyl (C=O) groups is 1. The summed E-state index contributed by atoms with van der Waals surface area (Å²) in [5.74, 6) is -1.06. The number of aliphatic carboxylic acids is 1. The maximum atomic E-state index is 9.91. The van der Waals surface area contributed by atoms with Crippen molar-refractivity contribution < 1.29 is 9.90 Å². The molecule has 1 N–H and O–H groups in total. The monoisotopic (exact) mass is 160 g/mol. The van der Waals surface area contributed by atoms with E-state index < -0.39 is 5.97 Å². The summed E-state index contributed by atoms with van der Waals surface area (Å²) in [6.45, 7) is 1.97. The Morgan fingerprint density at radius 1 is 1.33 bits per heavy atom. The van der Waals surface area contributed by atoms with Gasteiger partial charge >= 0.3 is 5.97 Å². The first kappa shape index (κ1) is 10.1. The Morgan fingerprint density at radius 3 is 2.58 bits per heavy atom. The van der Waals surface area contributed by atoms with Crippen LogP contribution in [0, 0.1) is 0 Å². The highest BCUT2D eigenvalue weighted by molar-refractivity contribution is 5.79. The fraction of sp³-hybridized carbons (Fsp3) is 0.200. The summed E-state index contributed by atoms with van der Waals surface area (Å²) < 4.78 is 0. The van der Waals surface area contributed by atoms with Crippen LogP contribution >= 0.6 is 0 Å². The molecule has 0 heterocycles. The van der Waals surface area contributed by atoms with E-state index in [1.807, 2.05) is 6.92 Å². The standard InChI is InChI=1S/C10H8O2/c1-2-3-4-5-6-7-8-9-10(11)12/h3,9H,2H2,1H3,(H,11,12). The van der Waals surface area contributed by atoms with E-state index in [1.165, 1.54) is 0 Å². The highest BCUT2D eigenvalue weighted by Crippen LogP contribution is 1.71. The normalized spacial score (nSPS) is 6.08. The van der Waals surface area contributed by atoms with Crippen LogP contribution in [0.5, 0.6) is 0 Å². The molecule has 0 amide bonds. The average molecular weight is 160 g/mol. The molecule has 0 bridgehead atoms. The third kappa shape index (κ3) is 8.11. The third-order valence-corrected chi connectivity index (χ3v) is 0.771. The van der Waals surface area contributed by atoms with Crippen LogP contribution in [0.15, 0.2) is 40.8 Å². The molecule has 0 radical (unpaired) electrons. The SMILES string of the molecule is CCC=C=C=C=C=C=CC(=O)O. The molecule has 0 unspecified atom stereocenters. The summed E-state index contributed by atoms with van der Waals surface area (Å²) >= 11 is 0. The highest BCUT2D eigenvalue weighted by atomic mass is 16.4. The molecule has 0 aliphatic rings. The van der Waals surface area contributed by atoms with Gasteiger partial charge in [-0.1, -0.05) is 18.4 Å². The number of hydrogen-bond donors (Lipinski definition) is 1. The van der Waals surface area contributed by atoms with Gasteiger partial charge in [-0.05, 0) is 29.7 Å². The number of rotatable bonds is 2. The molecule has 60 valence electrons. The predicted octanol–water partition coefficient (Wildman–Crippen LogP) is 1.81. The maximum Gasteiger partial charge on any atom is 0.336 e. The molecular formula is C10H8O2. The van der Waals surface area contributed by atoms with Crippen LogP contribution in [0.3, 0.4) is 0 Å². The molecule has 0 rings (SSSR count). The van der Waals surface area contributed by atoms with E-state index in [0.29, 0.717) is 0 Å². The minimum Gasteiger partial charge on any atom is -0.478 e. The van der Waals surface area contributed by atoms with E-state index in [9.17, 15) is 4.79 Å². The van der Waals surface area contributed by atoms with Crippen molar-refractivity contribution in [3.8, 4) is 0 Å². The van der Waals surface area contributed by atoms with Crippen molar-refractivity contribution >= 4 is 5.97 Å². The van der Waals surface area contributed by atoms with Gasteiger partial charge in [0.05, 0.1) is 6.08 Å². The van der Waals surface area contributed by atoms with Gasteiger partial charge in [-0.15, -0.1) is 0 Å². The molecule has 0 saturated carbocycles.